The van der Waals surface area contributed by atoms with Crippen LogP contribution in [0.25, 0.3) is 0 Å². The van der Waals surface area contributed by atoms with Crippen molar-refractivity contribution in [1.29, 1.82) is 0 Å². The van der Waals surface area contributed by atoms with Crippen LogP contribution < -0.4 is 14.5 Å². The van der Waals surface area contributed by atoms with Gasteiger partial charge in [-0.2, -0.15) is 5.10 Å². The molecule has 0 bridgehead atoms. The molecule has 0 aromatic heterocycles. The summed E-state index contributed by atoms with van der Waals surface area (Å²) in [6.45, 7) is 7.34. The van der Waals surface area contributed by atoms with Crippen LogP contribution >= 0.6 is 0 Å². The number of sulfonamides is 1. The van der Waals surface area contributed by atoms with E-state index in [4.69, 9.17) is 4.74 Å². The maximum Gasteiger partial charge on any atom is 0.264 e. The number of rotatable bonds is 10. The Balaban J connectivity index is 1.77. The molecule has 0 unspecified atom stereocenters. The Kier molecular flexibility index (Phi) is 8.21. The van der Waals surface area contributed by atoms with Gasteiger partial charge < -0.3 is 4.74 Å². The number of amides is 1. The molecule has 0 radical (unpaired) electrons. The first kappa shape index (κ1) is 24.7. The fraction of sp³-hybridized carbons (Fsp3) is 0.154. The topological polar surface area (TPSA) is 88.1 Å². The summed E-state index contributed by atoms with van der Waals surface area (Å²) in [5, 5.41) is 3.97. The van der Waals surface area contributed by atoms with Gasteiger partial charge in [0.15, 0.2) is 0 Å². The molecule has 0 spiro atoms. The van der Waals surface area contributed by atoms with Gasteiger partial charge >= 0.3 is 0 Å². The number of nitrogens with one attached hydrogen (secondary N) is 1. The van der Waals surface area contributed by atoms with Gasteiger partial charge in [-0.3, -0.25) is 9.10 Å². The van der Waals surface area contributed by atoms with Crippen molar-refractivity contribution in [2.45, 2.75) is 18.7 Å². The lowest BCUT2D eigenvalue weighted by molar-refractivity contribution is -0.119. The van der Waals surface area contributed by atoms with Crippen LogP contribution in [-0.4, -0.2) is 33.7 Å². The Morgan fingerprint density at radius 2 is 1.68 bits per heavy atom. The van der Waals surface area contributed by atoms with Crippen LogP contribution in [0.15, 0.2) is 95.4 Å². The first-order valence-corrected chi connectivity index (χ1v) is 12.1. The number of ether oxygens (including phenoxy) is 1. The minimum atomic E-state index is -3.97. The lowest BCUT2D eigenvalue weighted by atomic mass is 10.1. The molecule has 7 nitrogen and oxygen atoms in total. The van der Waals surface area contributed by atoms with E-state index in [2.05, 4.69) is 17.1 Å². The molecular weight excluding hydrogens is 450 g/mol. The monoisotopic (exact) mass is 477 g/mol. The van der Waals surface area contributed by atoms with Crippen molar-refractivity contribution in [1.82, 2.24) is 5.43 Å². The molecule has 176 valence electrons. The van der Waals surface area contributed by atoms with Crippen molar-refractivity contribution >= 4 is 27.8 Å². The smallest absolute Gasteiger partial charge is 0.264 e. The molecular formula is C26H27N3O4S. The Bertz CT molecular complexity index is 1250. The molecule has 3 aromatic rings. The van der Waals surface area contributed by atoms with Gasteiger partial charge in [0, 0.05) is 0 Å². The van der Waals surface area contributed by atoms with E-state index < -0.39 is 22.5 Å². The van der Waals surface area contributed by atoms with Crippen molar-refractivity contribution in [3.8, 4) is 5.75 Å². The summed E-state index contributed by atoms with van der Waals surface area (Å²) in [4.78, 5) is 12.8. The van der Waals surface area contributed by atoms with Crippen molar-refractivity contribution in [2.75, 3.05) is 17.5 Å². The molecule has 0 aliphatic rings. The zero-order valence-corrected chi connectivity index (χ0v) is 20.0. The minimum Gasteiger partial charge on any atom is -0.490 e. The first-order chi connectivity index (χ1) is 16.3. The molecule has 1 amide bonds. The van der Waals surface area contributed by atoms with Crippen LogP contribution in [0.5, 0.6) is 5.75 Å². The van der Waals surface area contributed by atoms with Crippen LogP contribution in [0.1, 0.15) is 16.7 Å². The molecule has 0 saturated carbocycles. The van der Waals surface area contributed by atoms with Crippen molar-refractivity contribution in [2.24, 2.45) is 5.10 Å². The highest BCUT2D eigenvalue weighted by atomic mass is 32.2. The Morgan fingerprint density at radius 3 is 2.29 bits per heavy atom. The zero-order valence-electron chi connectivity index (χ0n) is 19.1. The largest absolute Gasteiger partial charge is 0.490 e. The molecule has 0 fully saturated rings. The highest BCUT2D eigenvalue weighted by Gasteiger charge is 2.27. The van der Waals surface area contributed by atoms with Gasteiger partial charge in [-0.1, -0.05) is 36.9 Å². The summed E-state index contributed by atoms with van der Waals surface area (Å²) >= 11 is 0. The third kappa shape index (κ3) is 6.55. The summed E-state index contributed by atoms with van der Waals surface area (Å²) in [6.07, 6.45) is 3.13. The average molecular weight is 478 g/mol. The fourth-order valence-electron chi connectivity index (χ4n) is 3.28. The van der Waals surface area contributed by atoms with Gasteiger partial charge in [0.1, 0.15) is 18.9 Å². The van der Waals surface area contributed by atoms with Gasteiger partial charge in [0.25, 0.3) is 15.9 Å². The molecule has 0 atom stereocenters. The molecule has 0 saturated heterocycles. The van der Waals surface area contributed by atoms with Gasteiger partial charge in [-0.15, -0.1) is 0 Å². The number of benzene rings is 3. The van der Waals surface area contributed by atoms with E-state index >= 15 is 0 Å². The van der Waals surface area contributed by atoms with E-state index in [9.17, 15) is 13.2 Å². The third-order valence-electron chi connectivity index (χ3n) is 4.76. The number of anilines is 1. The highest BCUT2D eigenvalue weighted by Crippen LogP contribution is 2.25. The first-order valence-electron chi connectivity index (χ1n) is 10.6. The van der Waals surface area contributed by atoms with Crippen LogP contribution in [0, 0.1) is 13.8 Å². The fourth-order valence-corrected chi connectivity index (χ4v) is 4.70. The highest BCUT2D eigenvalue weighted by molar-refractivity contribution is 7.92. The molecule has 0 aliphatic carbocycles. The SMILES string of the molecule is C=CCOc1ccc(/C=N\NC(=O)CN(c2cc(C)cc(C)c2)S(=O)(=O)c2ccccc2)cc1. The lowest BCUT2D eigenvalue weighted by Crippen LogP contribution is -2.39. The predicted molar refractivity (Wildman–Crippen MR) is 135 cm³/mol. The van der Waals surface area contributed by atoms with Gasteiger partial charge in [0.05, 0.1) is 16.8 Å². The third-order valence-corrected chi connectivity index (χ3v) is 6.55. The maximum absolute atomic E-state index is 13.4. The summed E-state index contributed by atoms with van der Waals surface area (Å²) in [5.41, 5.74) is 5.35. The second kappa shape index (κ2) is 11.3. The molecule has 1 N–H and O–H groups in total. The van der Waals surface area contributed by atoms with Gasteiger partial charge in [-0.25, -0.2) is 13.8 Å². The normalized spacial score (nSPS) is 11.2. The van der Waals surface area contributed by atoms with E-state index in [0.717, 1.165) is 21.0 Å². The molecule has 8 heteroatoms. The van der Waals surface area contributed by atoms with Crippen LogP contribution in [0.4, 0.5) is 5.69 Å². The second-order valence-corrected chi connectivity index (χ2v) is 9.49. The Morgan fingerprint density at radius 1 is 1.03 bits per heavy atom. The van der Waals surface area contributed by atoms with Gasteiger partial charge in [0.2, 0.25) is 0 Å². The van der Waals surface area contributed by atoms with Crippen LogP contribution in [-0.2, 0) is 14.8 Å². The molecule has 34 heavy (non-hydrogen) atoms. The van der Waals surface area contributed by atoms with Crippen molar-refractivity contribution < 1.29 is 17.9 Å². The number of hydrogen-bond donors (Lipinski definition) is 1. The zero-order chi connectivity index (χ0) is 24.6. The number of carbonyl (C=O) groups is 1. The second-order valence-electron chi connectivity index (χ2n) is 7.63. The summed E-state index contributed by atoms with van der Waals surface area (Å²) in [5.74, 6) is 0.122. The Labute approximate surface area is 200 Å². The van der Waals surface area contributed by atoms with Gasteiger partial charge in [-0.05, 0) is 79.1 Å². The molecule has 0 aliphatic heterocycles. The van der Waals surface area contributed by atoms with E-state index in [1.165, 1.54) is 18.3 Å². The maximum atomic E-state index is 13.4. The molecule has 3 aromatic carbocycles. The van der Waals surface area contributed by atoms with Crippen molar-refractivity contribution in [3.05, 3.63) is 102 Å². The predicted octanol–water partition coefficient (Wildman–Crippen LogP) is 4.21. The summed E-state index contributed by atoms with van der Waals surface area (Å²) in [7, 11) is -3.97. The van der Waals surface area contributed by atoms with E-state index in [0.29, 0.717) is 18.0 Å². The summed E-state index contributed by atoms with van der Waals surface area (Å²) < 4.78 is 33.3. The standard InChI is InChI=1S/C26H27N3O4S/c1-4-14-33-24-12-10-22(11-13-24)18-27-28-26(30)19-29(23-16-20(2)15-21(3)17-23)34(31,32)25-8-6-5-7-9-25/h4-13,15-18H,1,14,19H2,2-3H3,(H,28,30)/b27-18-. The lowest BCUT2D eigenvalue weighted by Gasteiger charge is -2.24. The number of hydrogen-bond acceptors (Lipinski definition) is 5. The Hall–Kier alpha value is -3.91. The van der Waals surface area contributed by atoms with E-state index in [1.54, 1.807) is 60.7 Å². The number of aryl methyl sites for hydroxylation is 2. The molecule has 3 rings (SSSR count). The average Bonchev–Trinajstić information content (AvgIpc) is 2.82. The number of nitrogens with zero attached hydrogens (tertiary/aromatic N) is 2. The van der Waals surface area contributed by atoms with Crippen LogP contribution in [0.2, 0.25) is 0 Å². The summed E-state index contributed by atoms with van der Waals surface area (Å²) in [6, 6.07) is 20.6. The van der Waals surface area contributed by atoms with Crippen LogP contribution in [0.3, 0.4) is 0 Å². The minimum absolute atomic E-state index is 0.101. The number of hydrazone groups is 1. The van der Waals surface area contributed by atoms with E-state index in [1.807, 2.05) is 19.9 Å². The number of carbonyl (C=O) groups excluding carboxylic acids is 1. The van der Waals surface area contributed by atoms with Crippen molar-refractivity contribution in [3.63, 3.8) is 0 Å². The quantitative estimate of drug-likeness (QED) is 0.269. The molecule has 0 heterocycles. The van der Waals surface area contributed by atoms with E-state index in [-0.39, 0.29) is 4.90 Å².